The molecule has 0 aliphatic carbocycles. The molecule has 4 aromatic rings. The molecule has 0 spiro atoms. The van der Waals surface area contributed by atoms with Crippen molar-refractivity contribution in [2.45, 2.75) is 37.4 Å². The van der Waals surface area contributed by atoms with Crippen LogP contribution in [0.25, 0.3) is 20.9 Å². The van der Waals surface area contributed by atoms with Gasteiger partial charge < -0.3 is 19.3 Å². The lowest BCUT2D eigenvalue weighted by molar-refractivity contribution is -0.274. The number of carbonyl (C=O) groups excluding carboxylic acids is 1. The number of benzene rings is 4. The smallest absolute Gasteiger partial charge is 0.494 e. The predicted octanol–water partition coefficient (Wildman–Crippen LogP) is 7.55. The SMILES string of the molecule is [N-]=[N+]=Nc1ccccc1C[C@]1(C(=O)NNCc2ccc(OC(F)(F)F)cc2)N=C(c2ccc(OCCCO)cc2)O[C@H]1c1ccccc1N=[N+]=[N-]. The monoisotopic (exact) mass is 701 g/mol. The van der Waals surface area contributed by atoms with E-state index >= 15 is 0 Å². The quantitative estimate of drug-likeness (QED) is 0.0376. The molecule has 1 aliphatic heterocycles. The zero-order valence-electron chi connectivity index (χ0n) is 26.7. The number of hydrogen-bond acceptors (Lipinski definition) is 9. The Hall–Kier alpha value is -6.25. The molecule has 1 aliphatic rings. The van der Waals surface area contributed by atoms with Crippen LogP contribution in [0.3, 0.4) is 0 Å². The second-order valence-corrected chi connectivity index (χ2v) is 11.0. The second-order valence-electron chi connectivity index (χ2n) is 11.0. The van der Waals surface area contributed by atoms with Crippen molar-refractivity contribution >= 4 is 23.2 Å². The van der Waals surface area contributed by atoms with Crippen molar-refractivity contribution in [3.8, 4) is 11.5 Å². The van der Waals surface area contributed by atoms with Crippen LogP contribution >= 0.6 is 0 Å². The van der Waals surface area contributed by atoms with Crippen molar-refractivity contribution in [1.29, 1.82) is 0 Å². The fraction of sp³-hybridized carbons (Fsp3) is 0.235. The number of aliphatic hydroxyl groups excluding tert-OH is 1. The number of alkyl halides is 3. The molecule has 0 fully saturated rings. The molecule has 0 aromatic heterocycles. The Balaban J connectivity index is 1.55. The lowest BCUT2D eigenvalue weighted by atomic mass is 9.81. The molecular formula is C34H30F3N9O5. The van der Waals surface area contributed by atoms with Crippen LogP contribution in [0.15, 0.2) is 112 Å². The zero-order valence-corrected chi connectivity index (χ0v) is 26.7. The van der Waals surface area contributed by atoms with Gasteiger partial charge in [0.25, 0.3) is 5.91 Å². The van der Waals surface area contributed by atoms with E-state index in [1.165, 1.54) is 12.1 Å². The van der Waals surface area contributed by atoms with E-state index < -0.39 is 29.7 Å². The van der Waals surface area contributed by atoms with Gasteiger partial charge in [0.1, 0.15) is 11.5 Å². The van der Waals surface area contributed by atoms with Crippen molar-refractivity contribution in [1.82, 2.24) is 10.9 Å². The van der Waals surface area contributed by atoms with Crippen molar-refractivity contribution < 1.29 is 37.3 Å². The summed E-state index contributed by atoms with van der Waals surface area (Å²) in [6.45, 7) is 0.281. The molecule has 0 saturated carbocycles. The minimum atomic E-state index is -4.84. The van der Waals surface area contributed by atoms with Crippen LogP contribution in [-0.2, 0) is 22.5 Å². The molecule has 4 aromatic carbocycles. The minimum absolute atomic E-state index is 0.00141. The number of hydrazine groups is 1. The molecule has 1 amide bonds. The topological polar surface area (TPSA) is 199 Å². The molecule has 1 heterocycles. The van der Waals surface area contributed by atoms with Gasteiger partial charge in [0.05, 0.1) is 6.61 Å². The highest BCUT2D eigenvalue weighted by molar-refractivity contribution is 6.01. The van der Waals surface area contributed by atoms with E-state index in [0.29, 0.717) is 41.0 Å². The van der Waals surface area contributed by atoms with Crippen molar-refractivity contribution in [3.05, 3.63) is 140 Å². The van der Waals surface area contributed by atoms with Gasteiger partial charge in [-0.3, -0.25) is 10.2 Å². The molecule has 2 atom stereocenters. The molecule has 0 saturated heterocycles. The first-order chi connectivity index (χ1) is 24.7. The second kappa shape index (κ2) is 16.4. The summed E-state index contributed by atoms with van der Waals surface area (Å²) >= 11 is 0. The first-order valence-electron chi connectivity index (χ1n) is 15.4. The Morgan fingerprint density at radius 2 is 1.57 bits per heavy atom. The Bertz CT molecular complexity index is 1960. The largest absolute Gasteiger partial charge is 0.573 e. The van der Waals surface area contributed by atoms with E-state index in [1.54, 1.807) is 72.8 Å². The van der Waals surface area contributed by atoms with Crippen molar-refractivity contribution in [2.24, 2.45) is 15.2 Å². The van der Waals surface area contributed by atoms with Gasteiger partial charge in [-0.1, -0.05) is 70.9 Å². The Kier molecular flexibility index (Phi) is 11.6. The van der Waals surface area contributed by atoms with E-state index in [1.807, 2.05) is 0 Å². The third-order valence-corrected chi connectivity index (χ3v) is 7.66. The Labute approximate surface area is 288 Å². The molecule has 51 heavy (non-hydrogen) atoms. The molecule has 14 nitrogen and oxygen atoms in total. The molecule has 17 heteroatoms. The van der Waals surface area contributed by atoms with E-state index in [4.69, 9.17) is 19.6 Å². The summed E-state index contributed by atoms with van der Waals surface area (Å²) in [4.78, 5) is 25.3. The molecule has 0 radical (unpaired) electrons. The number of amides is 1. The van der Waals surface area contributed by atoms with E-state index in [9.17, 15) is 29.0 Å². The standard InChI is InChI=1S/C34H30F3N9O5/c35-34(36,37)51-26-14-10-22(11-15-26)21-40-44-32(48)33(20-24-6-1-3-8-28(24)42-45-38)30(27-7-2-4-9-29(27)43-46-39)50-31(41-33)23-12-16-25(17-13-23)49-19-5-18-47/h1-4,6-17,30,40,47H,5,18-21H2,(H,44,48)/t30-,33-/m0/s1. The van der Waals surface area contributed by atoms with Gasteiger partial charge in [-0.05, 0) is 58.6 Å². The minimum Gasteiger partial charge on any atom is -0.494 e. The maximum absolute atomic E-state index is 14.5. The van der Waals surface area contributed by atoms with Gasteiger partial charge in [-0.25, -0.2) is 10.4 Å². The molecule has 0 unspecified atom stereocenters. The van der Waals surface area contributed by atoms with Gasteiger partial charge in [0.2, 0.25) is 5.90 Å². The van der Waals surface area contributed by atoms with E-state index in [-0.39, 0.29) is 36.8 Å². The van der Waals surface area contributed by atoms with Crippen LogP contribution in [0.1, 0.15) is 34.8 Å². The van der Waals surface area contributed by atoms with Gasteiger partial charge in [0, 0.05) is 58.3 Å². The lowest BCUT2D eigenvalue weighted by Gasteiger charge is -2.31. The van der Waals surface area contributed by atoms with Crippen LogP contribution in [0.5, 0.6) is 11.5 Å². The van der Waals surface area contributed by atoms with Crippen LogP contribution < -0.4 is 20.3 Å². The first-order valence-corrected chi connectivity index (χ1v) is 15.4. The van der Waals surface area contributed by atoms with Crippen LogP contribution in [-0.4, -0.2) is 42.0 Å². The summed E-state index contributed by atoms with van der Waals surface area (Å²) in [5, 5.41) is 16.7. The number of aliphatic hydroxyl groups is 1. The normalized spacial score (nSPS) is 16.5. The highest BCUT2D eigenvalue weighted by Gasteiger charge is 2.54. The number of nitrogens with zero attached hydrogens (tertiary/aromatic N) is 7. The number of ether oxygens (including phenoxy) is 3. The summed E-state index contributed by atoms with van der Waals surface area (Å²) in [5.41, 5.74) is 24.5. The zero-order chi connectivity index (χ0) is 36.3. The Morgan fingerprint density at radius 3 is 2.25 bits per heavy atom. The maximum Gasteiger partial charge on any atom is 0.573 e. The average molecular weight is 702 g/mol. The maximum atomic E-state index is 14.5. The van der Waals surface area contributed by atoms with Crippen LogP contribution in [0, 0.1) is 0 Å². The summed E-state index contributed by atoms with van der Waals surface area (Å²) < 4.78 is 53.9. The fourth-order valence-corrected chi connectivity index (χ4v) is 5.35. The van der Waals surface area contributed by atoms with E-state index in [0.717, 1.165) is 12.1 Å². The molecule has 262 valence electrons. The Morgan fingerprint density at radius 1 is 0.922 bits per heavy atom. The third-order valence-electron chi connectivity index (χ3n) is 7.66. The van der Waals surface area contributed by atoms with E-state index in [2.05, 4.69) is 35.6 Å². The molecule has 3 N–H and O–H groups in total. The van der Waals surface area contributed by atoms with Gasteiger partial charge in [-0.2, -0.15) is 0 Å². The lowest BCUT2D eigenvalue weighted by Crippen LogP contribution is -2.53. The number of rotatable bonds is 15. The average Bonchev–Trinajstić information content (AvgIpc) is 3.50. The van der Waals surface area contributed by atoms with Gasteiger partial charge >= 0.3 is 6.36 Å². The third kappa shape index (κ3) is 9.06. The highest BCUT2D eigenvalue weighted by atomic mass is 19.4. The van der Waals surface area contributed by atoms with Crippen molar-refractivity contribution in [3.63, 3.8) is 0 Å². The number of aliphatic imine (C=N–C) groups is 1. The number of carbonyl (C=O) groups is 1. The fourth-order valence-electron chi connectivity index (χ4n) is 5.35. The predicted molar refractivity (Wildman–Crippen MR) is 179 cm³/mol. The summed E-state index contributed by atoms with van der Waals surface area (Å²) in [6, 6.07) is 25.0. The number of hydrogen-bond donors (Lipinski definition) is 3. The number of nitrogens with one attached hydrogen (secondary N) is 2. The molecule has 0 bridgehead atoms. The summed E-state index contributed by atoms with van der Waals surface area (Å²) in [7, 11) is 0. The van der Waals surface area contributed by atoms with Gasteiger partial charge in [-0.15, -0.1) is 13.2 Å². The van der Waals surface area contributed by atoms with Crippen molar-refractivity contribution in [2.75, 3.05) is 13.2 Å². The van der Waals surface area contributed by atoms with Crippen LogP contribution in [0.4, 0.5) is 24.5 Å². The summed E-state index contributed by atoms with van der Waals surface area (Å²) in [6.07, 6.45) is -5.73. The molecule has 5 rings (SSSR count). The first kappa shape index (κ1) is 36.0. The van der Waals surface area contributed by atoms with Gasteiger partial charge in [0.15, 0.2) is 11.6 Å². The van der Waals surface area contributed by atoms with Crippen LogP contribution in [0.2, 0.25) is 0 Å². The number of halogens is 3. The molecular weight excluding hydrogens is 671 g/mol. The number of azide groups is 2. The summed E-state index contributed by atoms with van der Waals surface area (Å²) in [5.74, 6) is -0.473. The highest BCUT2D eigenvalue weighted by Crippen LogP contribution is 2.46.